The van der Waals surface area contributed by atoms with Crippen LogP contribution in [0, 0.1) is 5.92 Å². The molecule has 1 saturated carbocycles. The largest absolute Gasteiger partial charge is 0.493 e. The van der Waals surface area contributed by atoms with E-state index in [4.69, 9.17) is 9.47 Å². The second-order valence-corrected chi connectivity index (χ2v) is 9.92. The summed E-state index contributed by atoms with van der Waals surface area (Å²) in [5.74, 6) is 1.59. The molecule has 0 unspecified atom stereocenters. The molecule has 0 spiro atoms. The molecule has 0 bridgehead atoms. The van der Waals surface area contributed by atoms with Crippen LogP contribution >= 0.6 is 0 Å². The van der Waals surface area contributed by atoms with Crippen LogP contribution in [0.5, 0.6) is 11.5 Å². The number of nitrogens with one attached hydrogen (secondary N) is 1. The van der Waals surface area contributed by atoms with E-state index in [-0.39, 0.29) is 11.6 Å². The standard InChI is InChI=1S/C27H36N4O4/c1-18(2)15-31-17-19(20-14-28-30(3)16-20)12-23(26(31)32)29-22-8-10-27(33,11-9-22)21-6-7-24(34-4)25(13-21)35-5/h6-7,12-14,16-18,22,29,33H,8-11,15H2,1-5H3. The number of methoxy groups -OCH3 is 2. The molecule has 0 atom stereocenters. The summed E-state index contributed by atoms with van der Waals surface area (Å²) >= 11 is 0. The molecule has 0 aliphatic heterocycles. The van der Waals surface area contributed by atoms with Gasteiger partial charge in [0.25, 0.3) is 5.56 Å². The Morgan fingerprint density at radius 1 is 1.11 bits per heavy atom. The molecule has 2 heterocycles. The van der Waals surface area contributed by atoms with Gasteiger partial charge >= 0.3 is 0 Å². The molecule has 2 aromatic heterocycles. The summed E-state index contributed by atoms with van der Waals surface area (Å²) in [5, 5.41) is 19.2. The Kier molecular flexibility index (Phi) is 7.21. The van der Waals surface area contributed by atoms with Crippen molar-refractivity contribution in [3.05, 3.63) is 58.8 Å². The molecule has 2 N–H and O–H groups in total. The van der Waals surface area contributed by atoms with Gasteiger partial charge in [-0.15, -0.1) is 0 Å². The molecule has 1 aliphatic carbocycles. The van der Waals surface area contributed by atoms with Crippen molar-refractivity contribution in [1.82, 2.24) is 14.3 Å². The van der Waals surface area contributed by atoms with Gasteiger partial charge in [-0.25, -0.2) is 0 Å². The van der Waals surface area contributed by atoms with Crippen LogP contribution in [0.4, 0.5) is 5.69 Å². The summed E-state index contributed by atoms with van der Waals surface area (Å²) in [4.78, 5) is 13.3. The van der Waals surface area contributed by atoms with Crippen molar-refractivity contribution in [2.24, 2.45) is 13.0 Å². The fourth-order valence-corrected chi connectivity index (χ4v) is 4.87. The van der Waals surface area contributed by atoms with Crippen molar-refractivity contribution in [3.63, 3.8) is 0 Å². The lowest BCUT2D eigenvalue weighted by molar-refractivity contribution is -0.00352. The van der Waals surface area contributed by atoms with Gasteiger partial charge in [0.1, 0.15) is 5.69 Å². The number of rotatable bonds is 8. The van der Waals surface area contributed by atoms with E-state index < -0.39 is 5.60 Å². The Hall–Kier alpha value is -3.26. The molecule has 1 aromatic carbocycles. The molecule has 8 nitrogen and oxygen atoms in total. The minimum Gasteiger partial charge on any atom is -0.493 e. The molecule has 35 heavy (non-hydrogen) atoms. The number of nitrogens with zero attached hydrogens (tertiary/aromatic N) is 3. The van der Waals surface area contributed by atoms with Crippen LogP contribution in [0.2, 0.25) is 0 Å². The maximum Gasteiger partial charge on any atom is 0.273 e. The summed E-state index contributed by atoms with van der Waals surface area (Å²) in [6, 6.07) is 7.61. The number of hydrogen-bond donors (Lipinski definition) is 2. The summed E-state index contributed by atoms with van der Waals surface area (Å²) in [7, 11) is 5.08. The first-order valence-corrected chi connectivity index (χ1v) is 12.2. The Morgan fingerprint density at radius 2 is 1.83 bits per heavy atom. The fourth-order valence-electron chi connectivity index (χ4n) is 4.87. The zero-order chi connectivity index (χ0) is 25.2. The Balaban J connectivity index is 1.54. The maximum absolute atomic E-state index is 13.3. The Labute approximate surface area is 206 Å². The third kappa shape index (κ3) is 5.37. The van der Waals surface area contributed by atoms with Gasteiger partial charge in [-0.2, -0.15) is 5.10 Å². The highest BCUT2D eigenvalue weighted by atomic mass is 16.5. The average molecular weight is 481 g/mol. The molecular formula is C27H36N4O4. The zero-order valence-corrected chi connectivity index (χ0v) is 21.2. The average Bonchev–Trinajstić information content (AvgIpc) is 3.28. The van der Waals surface area contributed by atoms with Gasteiger partial charge in [0.15, 0.2) is 11.5 Å². The second-order valence-electron chi connectivity index (χ2n) is 9.92. The SMILES string of the molecule is COc1ccc(C2(O)CCC(Nc3cc(-c4cnn(C)c4)cn(CC(C)C)c3=O)CC2)cc1OC. The van der Waals surface area contributed by atoms with Gasteiger partial charge in [-0.3, -0.25) is 9.48 Å². The third-order valence-corrected chi connectivity index (χ3v) is 6.78. The molecule has 0 amide bonds. The lowest BCUT2D eigenvalue weighted by atomic mass is 9.77. The van der Waals surface area contributed by atoms with Gasteiger partial charge in [-0.05, 0) is 55.4 Å². The third-order valence-electron chi connectivity index (χ3n) is 6.78. The van der Waals surface area contributed by atoms with Gasteiger partial charge in [0, 0.05) is 43.2 Å². The van der Waals surface area contributed by atoms with Gasteiger partial charge in [0.05, 0.1) is 26.0 Å². The summed E-state index contributed by atoms with van der Waals surface area (Å²) < 4.78 is 14.3. The lowest BCUT2D eigenvalue weighted by Crippen LogP contribution is -2.37. The van der Waals surface area contributed by atoms with Crippen molar-refractivity contribution < 1.29 is 14.6 Å². The van der Waals surface area contributed by atoms with Crippen molar-refractivity contribution in [3.8, 4) is 22.6 Å². The smallest absolute Gasteiger partial charge is 0.273 e. The molecule has 1 fully saturated rings. The topological polar surface area (TPSA) is 90.5 Å². The Morgan fingerprint density at radius 3 is 2.43 bits per heavy atom. The maximum atomic E-state index is 13.3. The first-order chi connectivity index (χ1) is 16.7. The zero-order valence-electron chi connectivity index (χ0n) is 21.2. The van der Waals surface area contributed by atoms with Gasteiger partial charge in [0.2, 0.25) is 0 Å². The normalized spacial score (nSPS) is 20.1. The number of anilines is 1. The van der Waals surface area contributed by atoms with Crippen LogP contribution < -0.4 is 20.3 Å². The highest BCUT2D eigenvalue weighted by Crippen LogP contribution is 2.41. The van der Waals surface area contributed by atoms with E-state index in [1.54, 1.807) is 23.5 Å². The highest BCUT2D eigenvalue weighted by molar-refractivity contribution is 5.65. The first kappa shape index (κ1) is 24.9. The predicted molar refractivity (Wildman–Crippen MR) is 137 cm³/mol. The number of aromatic nitrogens is 3. The number of ether oxygens (including phenoxy) is 2. The minimum absolute atomic E-state index is 0.0212. The number of hydrogen-bond acceptors (Lipinski definition) is 6. The van der Waals surface area contributed by atoms with E-state index in [0.717, 1.165) is 29.5 Å². The summed E-state index contributed by atoms with van der Waals surface area (Å²) in [6.07, 6.45) is 8.34. The van der Waals surface area contributed by atoms with Crippen LogP contribution in [0.25, 0.3) is 11.1 Å². The highest BCUT2D eigenvalue weighted by Gasteiger charge is 2.35. The number of pyridine rings is 1. The van der Waals surface area contributed by atoms with Crippen LogP contribution in [0.1, 0.15) is 45.1 Å². The van der Waals surface area contributed by atoms with E-state index in [0.29, 0.717) is 42.5 Å². The number of benzene rings is 1. The van der Waals surface area contributed by atoms with E-state index in [1.165, 1.54) is 0 Å². The molecule has 0 saturated heterocycles. The van der Waals surface area contributed by atoms with E-state index in [9.17, 15) is 9.90 Å². The van der Waals surface area contributed by atoms with Crippen molar-refractivity contribution in [1.29, 1.82) is 0 Å². The fraction of sp³-hybridized carbons (Fsp3) is 0.481. The van der Waals surface area contributed by atoms with Crippen molar-refractivity contribution >= 4 is 5.69 Å². The van der Waals surface area contributed by atoms with Crippen LogP contribution in [-0.4, -0.2) is 39.7 Å². The number of aryl methyl sites for hydroxylation is 1. The molecule has 8 heteroatoms. The van der Waals surface area contributed by atoms with Crippen molar-refractivity contribution in [2.75, 3.05) is 19.5 Å². The molecule has 3 aromatic rings. The number of aliphatic hydroxyl groups is 1. The minimum atomic E-state index is -0.937. The first-order valence-electron chi connectivity index (χ1n) is 12.2. The second kappa shape index (κ2) is 10.2. The van der Waals surface area contributed by atoms with Crippen LogP contribution in [-0.2, 0) is 19.2 Å². The van der Waals surface area contributed by atoms with Gasteiger partial charge < -0.3 is 24.5 Å². The molecular weight excluding hydrogens is 444 g/mol. The molecule has 188 valence electrons. The molecule has 4 rings (SSSR count). The van der Waals surface area contributed by atoms with E-state index in [2.05, 4.69) is 24.3 Å². The summed E-state index contributed by atoms with van der Waals surface area (Å²) in [6.45, 7) is 4.85. The predicted octanol–water partition coefficient (Wildman–Crippen LogP) is 4.16. The Bertz CT molecular complexity index is 1220. The van der Waals surface area contributed by atoms with E-state index >= 15 is 0 Å². The van der Waals surface area contributed by atoms with E-state index in [1.807, 2.05) is 49.9 Å². The lowest BCUT2D eigenvalue weighted by Gasteiger charge is -2.37. The van der Waals surface area contributed by atoms with Crippen LogP contribution in [0.15, 0.2) is 47.7 Å². The van der Waals surface area contributed by atoms with Crippen molar-refractivity contribution in [2.45, 2.75) is 57.7 Å². The molecule has 0 radical (unpaired) electrons. The quantitative estimate of drug-likeness (QED) is 0.503. The van der Waals surface area contributed by atoms with Crippen LogP contribution in [0.3, 0.4) is 0 Å². The monoisotopic (exact) mass is 480 g/mol. The van der Waals surface area contributed by atoms with Gasteiger partial charge in [-0.1, -0.05) is 19.9 Å². The summed E-state index contributed by atoms with van der Waals surface area (Å²) in [5.41, 5.74) is 2.39. The molecule has 1 aliphatic rings.